The molecule has 0 radical (unpaired) electrons. The molecule has 6 nitrogen and oxygen atoms in total. The number of carbonyl (C=O) groups excluding carboxylic acids is 1. The monoisotopic (exact) mass is 398 g/mol. The number of benzene rings is 1. The minimum atomic E-state index is -0.108. The van der Waals surface area contributed by atoms with Gasteiger partial charge in [-0.2, -0.15) is 5.10 Å². The predicted octanol–water partition coefficient (Wildman–Crippen LogP) is 3.35. The van der Waals surface area contributed by atoms with E-state index < -0.39 is 0 Å². The lowest BCUT2D eigenvalue weighted by Crippen LogP contribution is -2.36. The molecule has 0 bridgehead atoms. The number of nitrogens with one attached hydrogen (secondary N) is 1. The van der Waals surface area contributed by atoms with Crippen molar-refractivity contribution in [3.05, 3.63) is 47.0 Å². The van der Waals surface area contributed by atoms with Gasteiger partial charge >= 0.3 is 0 Å². The van der Waals surface area contributed by atoms with Crippen molar-refractivity contribution in [3.63, 3.8) is 0 Å². The van der Waals surface area contributed by atoms with Crippen LogP contribution < -0.4 is 10.3 Å². The van der Waals surface area contributed by atoms with E-state index in [4.69, 9.17) is 4.74 Å². The Morgan fingerprint density at radius 1 is 1.25 bits per heavy atom. The first-order chi connectivity index (χ1) is 13.8. The van der Waals surface area contributed by atoms with Crippen LogP contribution in [-0.4, -0.2) is 42.9 Å². The van der Waals surface area contributed by atoms with Gasteiger partial charge in [-0.05, 0) is 24.8 Å². The number of morpholine rings is 1. The highest BCUT2D eigenvalue weighted by Crippen LogP contribution is 2.30. The Morgan fingerprint density at radius 3 is 2.89 bits per heavy atom. The number of rotatable bonds is 5. The van der Waals surface area contributed by atoms with Crippen molar-refractivity contribution in [1.82, 2.24) is 10.4 Å². The van der Waals surface area contributed by atoms with Gasteiger partial charge in [-0.25, -0.2) is 10.4 Å². The van der Waals surface area contributed by atoms with Crippen molar-refractivity contribution in [2.75, 3.05) is 31.2 Å². The summed E-state index contributed by atoms with van der Waals surface area (Å²) in [5, 5.41) is 7.43. The van der Waals surface area contributed by atoms with Crippen LogP contribution in [0.15, 0.2) is 40.8 Å². The maximum Gasteiger partial charge on any atom is 0.246 e. The molecule has 1 aromatic heterocycles. The summed E-state index contributed by atoms with van der Waals surface area (Å²) in [6.07, 6.45) is 4.63. The van der Waals surface area contributed by atoms with Crippen LogP contribution in [0, 0.1) is 0 Å². The van der Waals surface area contributed by atoms with Crippen LogP contribution in [0.1, 0.15) is 42.9 Å². The summed E-state index contributed by atoms with van der Waals surface area (Å²) >= 11 is 1.59. The smallest absolute Gasteiger partial charge is 0.246 e. The molecule has 2 fully saturated rings. The fourth-order valence-electron chi connectivity index (χ4n) is 3.79. The van der Waals surface area contributed by atoms with Crippen LogP contribution in [0.4, 0.5) is 5.13 Å². The van der Waals surface area contributed by atoms with E-state index in [0.717, 1.165) is 62.1 Å². The highest BCUT2D eigenvalue weighted by Gasteiger charge is 2.22. The van der Waals surface area contributed by atoms with E-state index >= 15 is 0 Å². The minimum absolute atomic E-state index is 0.108. The Labute approximate surface area is 169 Å². The van der Waals surface area contributed by atoms with E-state index in [2.05, 4.69) is 44.7 Å². The van der Waals surface area contributed by atoms with Gasteiger partial charge in [0.2, 0.25) is 5.91 Å². The third kappa shape index (κ3) is 4.77. The molecule has 1 N–H and O–H groups in total. The molecular formula is C21H26N4O2S. The van der Waals surface area contributed by atoms with Gasteiger partial charge in [0.1, 0.15) is 0 Å². The zero-order valence-corrected chi connectivity index (χ0v) is 16.8. The van der Waals surface area contributed by atoms with Gasteiger partial charge in [-0.1, -0.05) is 36.8 Å². The molecule has 7 heteroatoms. The summed E-state index contributed by atoms with van der Waals surface area (Å²) in [5.41, 5.74) is 5.93. The molecule has 148 valence electrons. The number of amides is 1. The number of anilines is 1. The average Bonchev–Trinajstić information content (AvgIpc) is 3.22. The fourth-order valence-corrected chi connectivity index (χ4v) is 4.67. The van der Waals surface area contributed by atoms with Crippen molar-refractivity contribution in [3.8, 4) is 0 Å². The molecule has 1 amide bonds. The van der Waals surface area contributed by atoms with Gasteiger partial charge in [0, 0.05) is 30.1 Å². The summed E-state index contributed by atoms with van der Waals surface area (Å²) in [4.78, 5) is 19.2. The highest BCUT2D eigenvalue weighted by atomic mass is 32.1. The van der Waals surface area contributed by atoms with E-state index in [1.165, 1.54) is 12.0 Å². The SMILES string of the molecule is O=C(Cc1csc(N2CCOCC2)n1)N/N=C1/CCCC[C@@H]1c1ccccc1. The first-order valence-corrected chi connectivity index (χ1v) is 10.8. The summed E-state index contributed by atoms with van der Waals surface area (Å²) in [6, 6.07) is 10.5. The number of nitrogens with zero attached hydrogens (tertiary/aromatic N) is 3. The lowest BCUT2D eigenvalue weighted by molar-refractivity contribution is -0.120. The Morgan fingerprint density at radius 2 is 2.07 bits per heavy atom. The number of ether oxygens (including phenoxy) is 1. The van der Waals surface area contributed by atoms with Crippen LogP contribution in [-0.2, 0) is 16.0 Å². The van der Waals surface area contributed by atoms with Crippen molar-refractivity contribution in [2.24, 2.45) is 5.10 Å². The molecule has 28 heavy (non-hydrogen) atoms. The summed E-state index contributed by atoms with van der Waals surface area (Å²) in [7, 11) is 0. The van der Waals surface area contributed by atoms with Gasteiger partial charge in [0.15, 0.2) is 5.13 Å². The first-order valence-electron chi connectivity index (χ1n) is 9.97. The Bertz CT molecular complexity index is 815. The Balaban J connectivity index is 1.36. The molecule has 1 atom stereocenters. The van der Waals surface area contributed by atoms with Gasteiger partial charge in [-0.15, -0.1) is 11.3 Å². The quantitative estimate of drug-likeness (QED) is 0.785. The number of aromatic nitrogens is 1. The average molecular weight is 399 g/mol. The zero-order valence-electron chi connectivity index (χ0n) is 16.0. The molecule has 0 spiro atoms. The molecule has 2 aromatic rings. The fraction of sp³-hybridized carbons (Fsp3) is 0.476. The van der Waals surface area contributed by atoms with Crippen molar-refractivity contribution in [1.29, 1.82) is 0 Å². The van der Waals surface area contributed by atoms with Crippen LogP contribution in [0.25, 0.3) is 0 Å². The third-order valence-corrected chi connectivity index (χ3v) is 6.22. The number of thiazole rings is 1. The zero-order chi connectivity index (χ0) is 19.2. The molecule has 2 heterocycles. The molecule has 4 rings (SSSR count). The van der Waals surface area contributed by atoms with Gasteiger partial charge < -0.3 is 9.64 Å². The Hall–Kier alpha value is -2.25. The van der Waals surface area contributed by atoms with Crippen molar-refractivity contribution >= 4 is 28.1 Å². The number of carbonyl (C=O) groups is 1. The molecule has 1 aromatic carbocycles. The second-order valence-electron chi connectivity index (χ2n) is 7.24. The highest BCUT2D eigenvalue weighted by molar-refractivity contribution is 7.13. The third-order valence-electron chi connectivity index (χ3n) is 5.27. The van der Waals surface area contributed by atoms with Crippen LogP contribution in [0.5, 0.6) is 0 Å². The Kier molecular flexibility index (Phi) is 6.34. The van der Waals surface area contributed by atoms with Gasteiger partial charge in [0.25, 0.3) is 0 Å². The van der Waals surface area contributed by atoms with E-state index in [1.807, 2.05) is 11.4 Å². The van der Waals surface area contributed by atoms with Crippen molar-refractivity contribution < 1.29 is 9.53 Å². The maximum absolute atomic E-state index is 12.4. The van der Waals surface area contributed by atoms with Crippen LogP contribution >= 0.6 is 11.3 Å². The summed E-state index contributed by atoms with van der Waals surface area (Å²) in [6.45, 7) is 3.17. The van der Waals surface area contributed by atoms with Crippen LogP contribution in [0.2, 0.25) is 0 Å². The topological polar surface area (TPSA) is 66.8 Å². The lowest BCUT2D eigenvalue weighted by atomic mass is 9.82. The molecular weight excluding hydrogens is 372 g/mol. The molecule has 2 aliphatic rings. The molecule has 0 unspecified atom stereocenters. The number of hydrogen-bond acceptors (Lipinski definition) is 6. The molecule has 1 saturated heterocycles. The minimum Gasteiger partial charge on any atom is -0.378 e. The summed E-state index contributed by atoms with van der Waals surface area (Å²) < 4.78 is 5.38. The second-order valence-corrected chi connectivity index (χ2v) is 8.08. The first kappa shape index (κ1) is 19.1. The van der Waals surface area contributed by atoms with E-state index in [1.54, 1.807) is 11.3 Å². The van der Waals surface area contributed by atoms with Gasteiger partial charge in [-0.3, -0.25) is 4.79 Å². The largest absolute Gasteiger partial charge is 0.378 e. The predicted molar refractivity (Wildman–Crippen MR) is 112 cm³/mol. The lowest BCUT2D eigenvalue weighted by Gasteiger charge is -2.26. The maximum atomic E-state index is 12.4. The summed E-state index contributed by atoms with van der Waals surface area (Å²) in [5.74, 6) is 0.200. The molecule has 1 aliphatic carbocycles. The van der Waals surface area contributed by atoms with E-state index in [0.29, 0.717) is 5.92 Å². The normalized spacial score (nSPS) is 21.6. The standard InChI is InChI=1S/C21H26N4O2S/c26-20(14-17-15-28-21(22-17)25-10-12-27-13-11-25)24-23-19-9-5-4-8-18(19)16-6-2-1-3-7-16/h1-3,6-7,15,18H,4-5,8-14H2,(H,24,26)/b23-19-/t18-/m1/s1. The number of hydrogen-bond donors (Lipinski definition) is 1. The second kappa shape index (κ2) is 9.30. The van der Waals surface area contributed by atoms with Crippen LogP contribution in [0.3, 0.4) is 0 Å². The van der Waals surface area contributed by atoms with E-state index in [-0.39, 0.29) is 12.3 Å². The number of hydrazone groups is 1. The van der Waals surface area contributed by atoms with E-state index in [9.17, 15) is 4.79 Å². The molecule has 1 saturated carbocycles. The van der Waals surface area contributed by atoms with Crippen molar-refractivity contribution in [2.45, 2.75) is 38.0 Å². The molecule has 1 aliphatic heterocycles. The van der Waals surface area contributed by atoms with Gasteiger partial charge in [0.05, 0.1) is 25.3 Å².